The van der Waals surface area contributed by atoms with Crippen LogP contribution in [0.5, 0.6) is 0 Å². The smallest absolute Gasteiger partial charge is 0.294 e. The molecule has 3 heterocycles. The minimum atomic E-state index is -0.0933. The second-order valence-electron chi connectivity index (χ2n) is 9.76. The molecule has 1 aliphatic heterocycles. The number of nitrogens with one attached hydrogen (secondary N) is 1. The SMILES string of the molecule is Cc1ccc(Cn2c(=O)c(N3CCC(C(=O)NC(C)Cc4ccco4)CC3)nc3ccccc32)cc1. The van der Waals surface area contributed by atoms with E-state index in [-0.39, 0.29) is 23.4 Å². The van der Waals surface area contributed by atoms with E-state index < -0.39 is 0 Å². The monoisotopic (exact) mass is 484 g/mol. The van der Waals surface area contributed by atoms with Crippen LogP contribution in [-0.2, 0) is 17.8 Å². The lowest BCUT2D eigenvalue weighted by molar-refractivity contribution is -0.126. The minimum absolute atomic E-state index is 0.00203. The van der Waals surface area contributed by atoms with Crippen molar-refractivity contribution in [2.24, 2.45) is 5.92 Å². The number of benzene rings is 2. The van der Waals surface area contributed by atoms with Gasteiger partial charge >= 0.3 is 0 Å². The molecule has 0 aliphatic carbocycles. The quantitative estimate of drug-likeness (QED) is 0.423. The van der Waals surface area contributed by atoms with Crippen molar-refractivity contribution in [1.82, 2.24) is 14.9 Å². The minimum Gasteiger partial charge on any atom is -0.469 e. The van der Waals surface area contributed by atoms with E-state index in [0.717, 1.165) is 22.4 Å². The summed E-state index contributed by atoms with van der Waals surface area (Å²) in [5.74, 6) is 1.32. The number of fused-ring (bicyclic) bond motifs is 1. The molecule has 5 rings (SSSR count). The molecule has 1 unspecified atom stereocenters. The zero-order chi connectivity index (χ0) is 25.1. The zero-order valence-electron chi connectivity index (χ0n) is 20.8. The van der Waals surface area contributed by atoms with E-state index in [1.54, 1.807) is 6.26 Å². The molecule has 2 aromatic carbocycles. The largest absolute Gasteiger partial charge is 0.469 e. The third kappa shape index (κ3) is 5.20. The molecule has 0 bridgehead atoms. The van der Waals surface area contributed by atoms with E-state index in [9.17, 15) is 9.59 Å². The Morgan fingerprint density at radius 2 is 1.83 bits per heavy atom. The van der Waals surface area contributed by atoms with Gasteiger partial charge in [-0.3, -0.25) is 14.2 Å². The second-order valence-corrected chi connectivity index (χ2v) is 9.76. The lowest BCUT2D eigenvalue weighted by Crippen LogP contribution is -2.45. The molecule has 0 radical (unpaired) electrons. The summed E-state index contributed by atoms with van der Waals surface area (Å²) >= 11 is 0. The molecular weight excluding hydrogens is 452 g/mol. The maximum atomic E-state index is 13.6. The average Bonchev–Trinajstić information content (AvgIpc) is 3.39. The number of hydrogen-bond donors (Lipinski definition) is 1. The molecule has 186 valence electrons. The van der Waals surface area contributed by atoms with Crippen molar-refractivity contribution in [1.29, 1.82) is 0 Å². The Labute approximate surface area is 210 Å². The number of carbonyl (C=O) groups excluding carboxylic acids is 1. The highest BCUT2D eigenvalue weighted by atomic mass is 16.3. The topological polar surface area (TPSA) is 80.4 Å². The van der Waals surface area contributed by atoms with Gasteiger partial charge in [-0.25, -0.2) is 4.98 Å². The van der Waals surface area contributed by atoms with Crippen LogP contribution in [0, 0.1) is 12.8 Å². The maximum Gasteiger partial charge on any atom is 0.294 e. The van der Waals surface area contributed by atoms with E-state index in [1.165, 1.54) is 5.56 Å². The van der Waals surface area contributed by atoms with Gasteiger partial charge < -0.3 is 14.6 Å². The summed E-state index contributed by atoms with van der Waals surface area (Å²) < 4.78 is 7.21. The highest BCUT2D eigenvalue weighted by Gasteiger charge is 2.28. The molecule has 0 saturated carbocycles. The summed E-state index contributed by atoms with van der Waals surface area (Å²) in [6.07, 6.45) is 3.69. The lowest BCUT2D eigenvalue weighted by atomic mass is 9.95. The van der Waals surface area contributed by atoms with E-state index in [1.807, 2.05) is 52.8 Å². The number of carbonyl (C=O) groups is 1. The third-order valence-corrected chi connectivity index (χ3v) is 6.94. The molecule has 1 aliphatic rings. The summed E-state index contributed by atoms with van der Waals surface area (Å²) in [7, 11) is 0. The average molecular weight is 485 g/mol. The fourth-order valence-corrected chi connectivity index (χ4v) is 4.91. The van der Waals surface area contributed by atoms with Crippen molar-refractivity contribution in [2.45, 2.75) is 45.7 Å². The Morgan fingerprint density at radius 1 is 1.08 bits per heavy atom. The third-order valence-electron chi connectivity index (χ3n) is 6.94. The number of rotatable bonds is 7. The summed E-state index contributed by atoms with van der Waals surface area (Å²) in [6, 6.07) is 19.8. The summed E-state index contributed by atoms with van der Waals surface area (Å²) in [5.41, 5.74) is 3.79. The van der Waals surface area contributed by atoms with Crippen LogP contribution in [0.1, 0.15) is 36.7 Å². The predicted octanol–water partition coefficient (Wildman–Crippen LogP) is 4.31. The van der Waals surface area contributed by atoms with Crippen LogP contribution in [0.2, 0.25) is 0 Å². The fourth-order valence-electron chi connectivity index (χ4n) is 4.91. The van der Waals surface area contributed by atoms with Crippen LogP contribution in [0.4, 0.5) is 5.82 Å². The summed E-state index contributed by atoms with van der Waals surface area (Å²) in [5, 5.41) is 3.12. The number of amides is 1. The molecule has 1 atom stereocenters. The number of para-hydroxylation sites is 2. The molecule has 2 aromatic heterocycles. The van der Waals surface area contributed by atoms with Gasteiger partial charge in [0.2, 0.25) is 5.91 Å². The number of aromatic nitrogens is 2. The van der Waals surface area contributed by atoms with Gasteiger partial charge in [0, 0.05) is 31.5 Å². The van der Waals surface area contributed by atoms with Crippen molar-refractivity contribution >= 4 is 22.8 Å². The highest BCUT2D eigenvalue weighted by molar-refractivity contribution is 5.79. The molecule has 0 spiro atoms. The van der Waals surface area contributed by atoms with Crippen LogP contribution in [0.3, 0.4) is 0 Å². The number of furan rings is 1. The number of nitrogens with zero attached hydrogens (tertiary/aromatic N) is 3. The highest BCUT2D eigenvalue weighted by Crippen LogP contribution is 2.23. The van der Waals surface area contributed by atoms with E-state index in [4.69, 9.17) is 9.40 Å². The molecule has 4 aromatic rings. The molecule has 1 N–H and O–H groups in total. The summed E-state index contributed by atoms with van der Waals surface area (Å²) in [4.78, 5) is 33.3. The van der Waals surface area contributed by atoms with Crippen molar-refractivity contribution in [3.05, 3.63) is 94.2 Å². The van der Waals surface area contributed by atoms with Gasteiger partial charge in [-0.2, -0.15) is 0 Å². The zero-order valence-corrected chi connectivity index (χ0v) is 20.8. The molecule has 36 heavy (non-hydrogen) atoms. The normalized spacial score (nSPS) is 15.2. The Balaban J connectivity index is 1.31. The van der Waals surface area contributed by atoms with Gasteiger partial charge in [-0.05, 0) is 56.5 Å². The Hall–Kier alpha value is -3.87. The van der Waals surface area contributed by atoms with Gasteiger partial charge in [-0.15, -0.1) is 0 Å². The van der Waals surface area contributed by atoms with Gasteiger partial charge in [-0.1, -0.05) is 42.0 Å². The van der Waals surface area contributed by atoms with E-state index in [2.05, 4.69) is 36.5 Å². The summed E-state index contributed by atoms with van der Waals surface area (Å²) in [6.45, 7) is 5.78. The maximum absolute atomic E-state index is 13.6. The van der Waals surface area contributed by atoms with Gasteiger partial charge in [0.15, 0.2) is 5.82 Å². The lowest BCUT2D eigenvalue weighted by Gasteiger charge is -2.32. The van der Waals surface area contributed by atoms with Crippen LogP contribution in [-0.4, -0.2) is 34.6 Å². The van der Waals surface area contributed by atoms with Crippen LogP contribution >= 0.6 is 0 Å². The molecule has 1 amide bonds. The molecule has 7 nitrogen and oxygen atoms in total. The number of piperidine rings is 1. The van der Waals surface area contributed by atoms with E-state index >= 15 is 0 Å². The second kappa shape index (κ2) is 10.4. The Morgan fingerprint density at radius 3 is 2.56 bits per heavy atom. The number of aryl methyl sites for hydroxylation is 1. The number of anilines is 1. The number of hydrogen-bond acceptors (Lipinski definition) is 5. The first-order valence-corrected chi connectivity index (χ1v) is 12.6. The van der Waals surface area contributed by atoms with Crippen molar-refractivity contribution in [3.63, 3.8) is 0 Å². The van der Waals surface area contributed by atoms with Crippen LogP contribution in [0.25, 0.3) is 11.0 Å². The molecular formula is C29H32N4O3. The first kappa shape index (κ1) is 23.9. The predicted molar refractivity (Wildman–Crippen MR) is 141 cm³/mol. The first-order chi connectivity index (χ1) is 17.5. The van der Waals surface area contributed by atoms with Gasteiger partial charge in [0.05, 0.1) is 23.8 Å². The molecule has 1 fully saturated rings. The van der Waals surface area contributed by atoms with Crippen LogP contribution < -0.4 is 15.8 Å². The van der Waals surface area contributed by atoms with Crippen molar-refractivity contribution < 1.29 is 9.21 Å². The standard InChI is InChI=1S/C29H32N4O3/c1-20-9-11-22(12-10-20)19-33-26-8-4-3-7-25(26)31-27(29(33)35)32-15-13-23(14-16-32)28(34)30-21(2)18-24-6-5-17-36-24/h3-12,17,21,23H,13-16,18-19H2,1-2H3,(H,30,34). The first-order valence-electron chi connectivity index (χ1n) is 12.6. The Kier molecular flexibility index (Phi) is 6.89. The molecule has 1 saturated heterocycles. The van der Waals surface area contributed by atoms with Gasteiger partial charge in [0.1, 0.15) is 5.76 Å². The van der Waals surface area contributed by atoms with Crippen molar-refractivity contribution in [2.75, 3.05) is 18.0 Å². The van der Waals surface area contributed by atoms with Crippen LogP contribution in [0.15, 0.2) is 76.1 Å². The Bertz CT molecular complexity index is 1380. The fraction of sp³-hybridized carbons (Fsp3) is 0.345. The van der Waals surface area contributed by atoms with Crippen molar-refractivity contribution in [3.8, 4) is 0 Å². The van der Waals surface area contributed by atoms with E-state index in [0.29, 0.717) is 44.7 Å². The van der Waals surface area contributed by atoms with Gasteiger partial charge in [0.25, 0.3) is 5.56 Å². The molecule has 7 heteroatoms.